The van der Waals surface area contributed by atoms with Crippen LogP contribution < -0.4 is 0 Å². The predicted octanol–water partition coefficient (Wildman–Crippen LogP) is 3.43. The first-order valence-corrected chi connectivity index (χ1v) is 7.96. The van der Waals surface area contributed by atoms with Gasteiger partial charge < -0.3 is 14.9 Å². The highest BCUT2D eigenvalue weighted by Crippen LogP contribution is 2.54. The Labute approximate surface area is 132 Å². The first-order chi connectivity index (χ1) is 11.2. The molecular formula is C20H14O3. The molecule has 4 aromatic rings. The maximum absolute atomic E-state index is 10.5. The molecule has 2 unspecified atom stereocenters. The van der Waals surface area contributed by atoms with Gasteiger partial charge >= 0.3 is 0 Å². The fourth-order valence-corrected chi connectivity index (χ4v) is 4.40. The number of fused-ring (bicyclic) bond motifs is 4. The zero-order valence-corrected chi connectivity index (χ0v) is 12.2. The number of aliphatic hydroxyl groups excluding tert-OH is 2. The van der Waals surface area contributed by atoms with E-state index in [0.717, 1.165) is 21.9 Å². The van der Waals surface area contributed by atoms with Gasteiger partial charge in [-0.3, -0.25) is 0 Å². The lowest BCUT2D eigenvalue weighted by molar-refractivity contribution is 0.000163. The lowest BCUT2D eigenvalue weighted by atomic mass is 9.81. The van der Waals surface area contributed by atoms with Gasteiger partial charge in [-0.2, -0.15) is 0 Å². The number of aliphatic hydroxyl groups is 2. The Kier molecular flexibility index (Phi) is 2.03. The Morgan fingerprint density at radius 1 is 0.826 bits per heavy atom. The highest BCUT2D eigenvalue weighted by Gasteiger charge is 2.54. The molecular weight excluding hydrogens is 288 g/mol. The van der Waals surface area contributed by atoms with Gasteiger partial charge in [0.15, 0.2) is 0 Å². The zero-order valence-electron chi connectivity index (χ0n) is 12.2. The molecule has 4 atom stereocenters. The van der Waals surface area contributed by atoms with Crippen molar-refractivity contribution in [2.75, 3.05) is 0 Å². The third-order valence-corrected chi connectivity index (χ3v) is 5.51. The van der Waals surface area contributed by atoms with E-state index in [0.29, 0.717) is 0 Å². The molecule has 4 aromatic carbocycles. The topological polar surface area (TPSA) is 53.0 Å². The normalized spacial score (nSPS) is 29.1. The van der Waals surface area contributed by atoms with Crippen LogP contribution in [0.4, 0.5) is 0 Å². The molecule has 6 rings (SSSR count). The third kappa shape index (κ3) is 1.36. The van der Waals surface area contributed by atoms with Crippen molar-refractivity contribution in [2.24, 2.45) is 0 Å². The molecule has 1 heterocycles. The summed E-state index contributed by atoms with van der Waals surface area (Å²) in [5.74, 6) is 0. The number of rotatable bonds is 0. The summed E-state index contributed by atoms with van der Waals surface area (Å²) in [4.78, 5) is 0. The molecule has 0 saturated carbocycles. The van der Waals surface area contributed by atoms with Crippen molar-refractivity contribution in [3.05, 3.63) is 59.7 Å². The van der Waals surface area contributed by atoms with E-state index in [1.165, 1.54) is 21.5 Å². The van der Waals surface area contributed by atoms with E-state index in [2.05, 4.69) is 42.5 Å². The van der Waals surface area contributed by atoms with Gasteiger partial charge in [-0.1, -0.05) is 42.5 Å². The summed E-state index contributed by atoms with van der Waals surface area (Å²) < 4.78 is 5.67. The maximum Gasteiger partial charge on any atom is 0.118 e. The smallest absolute Gasteiger partial charge is 0.118 e. The first-order valence-electron chi connectivity index (χ1n) is 7.96. The lowest BCUT2D eigenvalue weighted by Crippen LogP contribution is -2.29. The third-order valence-electron chi connectivity index (χ3n) is 5.51. The van der Waals surface area contributed by atoms with Crippen molar-refractivity contribution in [1.82, 2.24) is 0 Å². The number of benzene rings is 4. The Morgan fingerprint density at radius 2 is 1.57 bits per heavy atom. The molecule has 1 fully saturated rings. The number of ether oxygens (including phenoxy) is 1. The Balaban J connectivity index is 1.86. The summed E-state index contributed by atoms with van der Waals surface area (Å²) in [6.45, 7) is 0. The van der Waals surface area contributed by atoms with Crippen LogP contribution in [0, 0.1) is 0 Å². The van der Waals surface area contributed by atoms with Gasteiger partial charge in [-0.05, 0) is 49.5 Å². The van der Waals surface area contributed by atoms with E-state index in [1.54, 1.807) is 0 Å². The van der Waals surface area contributed by atoms with Crippen molar-refractivity contribution in [3.8, 4) is 0 Å². The Morgan fingerprint density at radius 3 is 2.39 bits per heavy atom. The second-order valence-corrected chi connectivity index (χ2v) is 6.69. The first kappa shape index (κ1) is 12.3. The average molecular weight is 302 g/mol. The van der Waals surface area contributed by atoms with Crippen molar-refractivity contribution in [1.29, 1.82) is 0 Å². The quantitative estimate of drug-likeness (QED) is 0.386. The fraction of sp³-hybridized carbons (Fsp3) is 0.200. The van der Waals surface area contributed by atoms with Crippen LogP contribution >= 0.6 is 0 Å². The van der Waals surface area contributed by atoms with E-state index >= 15 is 0 Å². The van der Waals surface area contributed by atoms with E-state index in [1.807, 2.05) is 6.07 Å². The van der Waals surface area contributed by atoms with Crippen LogP contribution in [0.2, 0.25) is 0 Å². The van der Waals surface area contributed by atoms with Gasteiger partial charge in [-0.25, -0.2) is 0 Å². The monoisotopic (exact) mass is 302 g/mol. The summed E-state index contributed by atoms with van der Waals surface area (Å²) in [5.41, 5.74) is 1.86. The average Bonchev–Trinajstić information content (AvgIpc) is 3.37. The Bertz CT molecular complexity index is 1080. The minimum atomic E-state index is -0.879. The molecule has 1 saturated heterocycles. The molecule has 3 heteroatoms. The van der Waals surface area contributed by atoms with Gasteiger partial charge in [0.1, 0.15) is 24.4 Å². The van der Waals surface area contributed by atoms with Crippen LogP contribution in [0.3, 0.4) is 0 Å². The van der Waals surface area contributed by atoms with E-state index in [-0.39, 0.29) is 12.2 Å². The molecule has 1 aliphatic heterocycles. The highest BCUT2D eigenvalue weighted by atomic mass is 16.6. The minimum absolute atomic E-state index is 0.0898. The SMILES string of the molecule is OC1c2cc3ccc4cccc5ccc(c2C2O[C@H]2[C@H]1O)c3c45. The van der Waals surface area contributed by atoms with Crippen molar-refractivity contribution < 1.29 is 14.9 Å². The van der Waals surface area contributed by atoms with Gasteiger partial charge in [-0.15, -0.1) is 0 Å². The van der Waals surface area contributed by atoms with Crippen molar-refractivity contribution in [3.63, 3.8) is 0 Å². The molecule has 3 nitrogen and oxygen atoms in total. The number of hydrogen-bond acceptors (Lipinski definition) is 3. The van der Waals surface area contributed by atoms with Crippen LogP contribution in [0.5, 0.6) is 0 Å². The van der Waals surface area contributed by atoms with E-state index in [4.69, 9.17) is 4.74 Å². The molecule has 0 aromatic heterocycles. The minimum Gasteiger partial charge on any atom is -0.387 e. The maximum atomic E-state index is 10.5. The standard InChI is InChI=1S/C20H14O3/c21-17-13-8-11-5-4-9-2-1-3-10-6-7-12(15(11)14(9)10)16(13)19-20(23-19)18(17)22/h1-8,17-22H/t17?,18-,19?,20-/m0/s1. The molecule has 2 aliphatic rings. The molecule has 0 bridgehead atoms. The highest BCUT2D eigenvalue weighted by molar-refractivity contribution is 6.23. The van der Waals surface area contributed by atoms with Gasteiger partial charge in [0.25, 0.3) is 0 Å². The molecule has 0 radical (unpaired) electrons. The summed E-state index contributed by atoms with van der Waals surface area (Å²) in [6, 6.07) is 16.9. The van der Waals surface area contributed by atoms with Gasteiger partial charge in [0, 0.05) is 0 Å². The largest absolute Gasteiger partial charge is 0.387 e. The second-order valence-electron chi connectivity index (χ2n) is 6.69. The summed E-state index contributed by atoms with van der Waals surface area (Å²) >= 11 is 0. The van der Waals surface area contributed by atoms with Crippen LogP contribution in [0.1, 0.15) is 23.3 Å². The molecule has 0 spiro atoms. The number of hydrogen-bond donors (Lipinski definition) is 2. The molecule has 1 aliphatic carbocycles. The number of epoxide rings is 1. The van der Waals surface area contributed by atoms with Crippen LogP contribution in [0.15, 0.2) is 48.5 Å². The van der Waals surface area contributed by atoms with E-state index in [9.17, 15) is 10.2 Å². The van der Waals surface area contributed by atoms with Crippen molar-refractivity contribution >= 4 is 32.3 Å². The van der Waals surface area contributed by atoms with Crippen LogP contribution in [-0.4, -0.2) is 22.4 Å². The summed E-state index contributed by atoms with van der Waals surface area (Å²) in [6.07, 6.45) is -2.07. The van der Waals surface area contributed by atoms with Gasteiger partial charge in [0.2, 0.25) is 0 Å². The van der Waals surface area contributed by atoms with Gasteiger partial charge in [0.05, 0.1) is 0 Å². The summed E-state index contributed by atoms with van der Waals surface area (Å²) in [7, 11) is 0. The van der Waals surface area contributed by atoms with Crippen LogP contribution in [0.25, 0.3) is 32.3 Å². The van der Waals surface area contributed by atoms with Crippen LogP contribution in [-0.2, 0) is 4.74 Å². The van der Waals surface area contributed by atoms with E-state index < -0.39 is 12.2 Å². The molecule has 2 N–H and O–H groups in total. The lowest BCUT2D eigenvalue weighted by Gasteiger charge is -2.25. The predicted molar refractivity (Wildman–Crippen MR) is 88.7 cm³/mol. The molecule has 23 heavy (non-hydrogen) atoms. The molecule has 112 valence electrons. The summed E-state index contributed by atoms with van der Waals surface area (Å²) in [5, 5.41) is 27.8. The molecule has 0 amide bonds. The van der Waals surface area contributed by atoms with Crippen molar-refractivity contribution in [2.45, 2.75) is 24.4 Å². The Hall–Kier alpha value is -2.20. The zero-order chi connectivity index (χ0) is 15.3. The second kappa shape index (κ2) is 3.82. The fourth-order valence-electron chi connectivity index (χ4n) is 4.40.